The molecule has 0 aromatic carbocycles. The van der Waals surface area contributed by atoms with E-state index in [0.29, 0.717) is 0 Å². The summed E-state index contributed by atoms with van der Waals surface area (Å²) in [4.78, 5) is 0. The molecule has 1 rings (SSSR count). The lowest BCUT2D eigenvalue weighted by Gasteiger charge is -2.23. The quantitative estimate of drug-likeness (QED) is 0.652. The van der Waals surface area contributed by atoms with E-state index < -0.39 is 0 Å². The zero-order valence-corrected chi connectivity index (χ0v) is 8.73. The Morgan fingerprint density at radius 3 is 2.67 bits per heavy atom. The van der Waals surface area contributed by atoms with Gasteiger partial charge >= 0.3 is 0 Å². The third kappa shape index (κ3) is 3.74. The summed E-state index contributed by atoms with van der Waals surface area (Å²) in [6.45, 7) is 1.84. The predicted octanol–water partition coefficient (Wildman–Crippen LogP) is 1.83. The molecule has 12 heavy (non-hydrogen) atoms. The Bertz CT molecular complexity index is 213. The maximum Gasteiger partial charge on any atom is 0.174 e. The Kier molecular flexibility index (Phi) is 3.12. The molecule has 0 aliphatic carbocycles. The molecule has 0 spiro atoms. The molecule has 0 fully saturated rings. The molecule has 0 aliphatic heterocycles. The Labute approximate surface area is 78.0 Å². The van der Waals surface area contributed by atoms with Crippen LogP contribution in [0, 0.1) is 0 Å². The largest absolute Gasteiger partial charge is 0.478 e. The van der Waals surface area contributed by atoms with Crippen LogP contribution in [0.1, 0.15) is 0 Å². The van der Waals surface area contributed by atoms with Crippen LogP contribution in [0.2, 0.25) is 0 Å². The van der Waals surface area contributed by atoms with E-state index in [1.165, 1.54) is 0 Å². The fraction of sp³-hybridized carbons (Fsp3) is 0.556. The van der Waals surface area contributed by atoms with Gasteiger partial charge in [-0.2, -0.15) is 0 Å². The maximum absolute atomic E-state index is 5.52. The molecule has 2 nitrogen and oxygen atoms in total. The third-order valence-corrected chi connectivity index (χ3v) is 2.28. The summed E-state index contributed by atoms with van der Waals surface area (Å²) in [6.07, 6.45) is 0. The fourth-order valence-corrected chi connectivity index (χ4v) is 1.37. The SMILES string of the molecule is C[N+](C)(C)CCOc1cccs1. The lowest BCUT2D eigenvalue weighted by Crippen LogP contribution is -2.38. The molecule has 0 aliphatic rings. The highest BCUT2D eigenvalue weighted by Gasteiger charge is 2.06. The zero-order chi connectivity index (χ0) is 9.03. The van der Waals surface area contributed by atoms with Gasteiger partial charge in [0.1, 0.15) is 13.2 Å². The lowest BCUT2D eigenvalue weighted by atomic mass is 10.5. The van der Waals surface area contributed by atoms with Crippen LogP contribution in [0.3, 0.4) is 0 Å². The standard InChI is InChI=1S/C9H16NOS/c1-10(2,3)6-7-11-9-5-4-8-12-9/h4-5,8H,6-7H2,1-3H3/q+1. The van der Waals surface area contributed by atoms with E-state index in [2.05, 4.69) is 21.1 Å². The minimum Gasteiger partial charge on any atom is -0.478 e. The van der Waals surface area contributed by atoms with E-state index in [0.717, 1.165) is 22.7 Å². The molecule has 68 valence electrons. The van der Waals surface area contributed by atoms with Crippen molar-refractivity contribution in [3.63, 3.8) is 0 Å². The molecule has 0 saturated heterocycles. The molecule has 1 aromatic heterocycles. The first-order valence-corrected chi connectivity index (χ1v) is 4.93. The molecule has 0 radical (unpaired) electrons. The summed E-state index contributed by atoms with van der Waals surface area (Å²) in [5.74, 6) is 0. The number of nitrogens with zero attached hydrogens (tertiary/aromatic N) is 1. The minimum atomic E-state index is 0.796. The second-order valence-electron chi connectivity index (χ2n) is 3.79. The number of likely N-dealkylation sites (N-methyl/N-ethyl adjacent to an activating group) is 1. The van der Waals surface area contributed by atoms with Gasteiger partial charge in [0.15, 0.2) is 5.06 Å². The third-order valence-electron chi connectivity index (χ3n) is 1.50. The summed E-state index contributed by atoms with van der Waals surface area (Å²) in [7, 11) is 6.49. The van der Waals surface area contributed by atoms with Gasteiger partial charge in [-0.15, -0.1) is 11.3 Å². The average molecular weight is 186 g/mol. The Hall–Kier alpha value is -0.540. The van der Waals surface area contributed by atoms with Crippen LogP contribution in [-0.2, 0) is 0 Å². The van der Waals surface area contributed by atoms with Crippen molar-refractivity contribution in [1.82, 2.24) is 0 Å². The first-order chi connectivity index (χ1) is 5.58. The molecular weight excluding hydrogens is 170 g/mol. The number of hydrogen-bond acceptors (Lipinski definition) is 2. The highest BCUT2D eigenvalue weighted by Crippen LogP contribution is 2.17. The zero-order valence-electron chi connectivity index (χ0n) is 7.91. The first kappa shape index (κ1) is 9.55. The molecular formula is C9H16NOS+. The number of rotatable bonds is 4. The van der Waals surface area contributed by atoms with Crippen molar-refractivity contribution in [3.05, 3.63) is 17.5 Å². The van der Waals surface area contributed by atoms with E-state index in [4.69, 9.17) is 4.74 Å². The summed E-state index contributed by atoms with van der Waals surface area (Å²) < 4.78 is 6.47. The van der Waals surface area contributed by atoms with Crippen molar-refractivity contribution < 1.29 is 9.22 Å². The van der Waals surface area contributed by atoms with Gasteiger partial charge in [0.25, 0.3) is 0 Å². The van der Waals surface area contributed by atoms with Gasteiger partial charge in [-0.25, -0.2) is 0 Å². The van der Waals surface area contributed by atoms with Crippen molar-refractivity contribution in [1.29, 1.82) is 0 Å². The van der Waals surface area contributed by atoms with Crippen LogP contribution in [0.15, 0.2) is 17.5 Å². The van der Waals surface area contributed by atoms with Gasteiger partial charge in [0.2, 0.25) is 0 Å². The Morgan fingerprint density at radius 1 is 1.42 bits per heavy atom. The van der Waals surface area contributed by atoms with Gasteiger partial charge in [-0.3, -0.25) is 0 Å². The summed E-state index contributed by atoms with van der Waals surface area (Å²) in [5.41, 5.74) is 0. The van der Waals surface area contributed by atoms with Crippen LogP contribution < -0.4 is 4.74 Å². The van der Waals surface area contributed by atoms with Crippen molar-refractivity contribution in [3.8, 4) is 5.06 Å². The molecule has 0 bridgehead atoms. The topological polar surface area (TPSA) is 9.23 Å². The van der Waals surface area contributed by atoms with E-state index in [9.17, 15) is 0 Å². The molecule has 0 saturated carbocycles. The lowest BCUT2D eigenvalue weighted by molar-refractivity contribution is -0.870. The van der Waals surface area contributed by atoms with Crippen LogP contribution in [0.5, 0.6) is 5.06 Å². The number of quaternary nitrogens is 1. The van der Waals surface area contributed by atoms with Crippen LogP contribution >= 0.6 is 11.3 Å². The van der Waals surface area contributed by atoms with Crippen molar-refractivity contribution in [2.24, 2.45) is 0 Å². The van der Waals surface area contributed by atoms with Crippen molar-refractivity contribution >= 4 is 11.3 Å². The molecule has 0 unspecified atom stereocenters. The van der Waals surface area contributed by atoms with E-state index in [1.54, 1.807) is 11.3 Å². The highest BCUT2D eigenvalue weighted by molar-refractivity contribution is 7.11. The smallest absolute Gasteiger partial charge is 0.174 e. The van der Waals surface area contributed by atoms with Crippen molar-refractivity contribution in [2.45, 2.75) is 0 Å². The first-order valence-electron chi connectivity index (χ1n) is 4.05. The normalized spacial score (nSPS) is 11.6. The number of ether oxygens (including phenoxy) is 1. The molecule has 1 heterocycles. The summed E-state index contributed by atoms with van der Waals surface area (Å²) in [5, 5.41) is 3.05. The van der Waals surface area contributed by atoms with E-state index in [1.807, 2.05) is 17.5 Å². The molecule has 0 atom stereocenters. The van der Waals surface area contributed by atoms with Gasteiger partial charge in [0.05, 0.1) is 21.1 Å². The predicted molar refractivity (Wildman–Crippen MR) is 52.7 cm³/mol. The molecule has 3 heteroatoms. The molecule has 0 N–H and O–H groups in total. The van der Waals surface area contributed by atoms with Gasteiger partial charge in [0, 0.05) is 0 Å². The highest BCUT2D eigenvalue weighted by atomic mass is 32.1. The van der Waals surface area contributed by atoms with Crippen LogP contribution in [0.25, 0.3) is 0 Å². The minimum absolute atomic E-state index is 0.796. The number of thiophene rings is 1. The Balaban J connectivity index is 2.20. The van der Waals surface area contributed by atoms with Crippen LogP contribution in [-0.4, -0.2) is 38.8 Å². The maximum atomic E-state index is 5.52. The average Bonchev–Trinajstić information content (AvgIpc) is 2.36. The van der Waals surface area contributed by atoms with Gasteiger partial charge in [-0.05, 0) is 17.5 Å². The van der Waals surface area contributed by atoms with Gasteiger partial charge in [-0.1, -0.05) is 0 Å². The Morgan fingerprint density at radius 2 is 2.17 bits per heavy atom. The summed E-state index contributed by atoms with van der Waals surface area (Å²) >= 11 is 1.64. The molecule has 1 aromatic rings. The second kappa shape index (κ2) is 3.92. The van der Waals surface area contributed by atoms with E-state index in [-0.39, 0.29) is 0 Å². The second-order valence-corrected chi connectivity index (χ2v) is 4.70. The van der Waals surface area contributed by atoms with Gasteiger partial charge < -0.3 is 9.22 Å². The monoisotopic (exact) mass is 186 g/mol. The molecule has 0 amide bonds. The summed E-state index contributed by atoms with van der Waals surface area (Å²) in [6, 6.07) is 4.01. The number of hydrogen-bond donors (Lipinski definition) is 0. The van der Waals surface area contributed by atoms with E-state index >= 15 is 0 Å². The fourth-order valence-electron chi connectivity index (χ4n) is 0.766. The van der Waals surface area contributed by atoms with Crippen molar-refractivity contribution in [2.75, 3.05) is 34.3 Å². The van der Waals surface area contributed by atoms with Crippen LogP contribution in [0.4, 0.5) is 0 Å².